The van der Waals surface area contributed by atoms with Gasteiger partial charge in [-0.15, -0.1) is 0 Å². The molecule has 27 heavy (non-hydrogen) atoms. The molecule has 2 heterocycles. The number of guanidine groups is 1. The zero-order valence-corrected chi connectivity index (χ0v) is 17.7. The molecule has 2 atom stereocenters. The maximum Gasteiger partial charge on any atom is 0.190 e. The van der Waals surface area contributed by atoms with E-state index in [1.807, 2.05) is 7.05 Å². The summed E-state index contributed by atoms with van der Waals surface area (Å²) in [5, 5.41) is 6.84. The molecule has 0 amide bonds. The van der Waals surface area contributed by atoms with Gasteiger partial charge >= 0.3 is 0 Å². The Hall–Kier alpha value is -0.890. The van der Waals surface area contributed by atoms with Crippen molar-refractivity contribution >= 4 is 5.96 Å². The second-order valence-corrected chi connectivity index (χ2v) is 7.88. The summed E-state index contributed by atoms with van der Waals surface area (Å²) >= 11 is 0. The van der Waals surface area contributed by atoms with Gasteiger partial charge in [0.05, 0.1) is 13.2 Å². The van der Waals surface area contributed by atoms with Crippen molar-refractivity contribution in [3.8, 4) is 0 Å². The smallest absolute Gasteiger partial charge is 0.190 e. The molecular weight excluding hydrogens is 342 g/mol. The lowest BCUT2D eigenvalue weighted by Gasteiger charge is -2.35. The molecule has 0 spiro atoms. The molecule has 0 bridgehead atoms. The Bertz CT molecular complexity index is 407. The molecule has 2 unspecified atom stereocenters. The van der Waals surface area contributed by atoms with E-state index in [4.69, 9.17) is 9.47 Å². The fraction of sp³-hybridized carbons (Fsp3) is 0.950. The summed E-state index contributed by atoms with van der Waals surface area (Å²) in [6.07, 6.45) is 2.13. The number of hydrogen-bond acceptors (Lipinski definition) is 5. The molecule has 7 heteroatoms. The highest BCUT2D eigenvalue weighted by Gasteiger charge is 2.17. The fourth-order valence-electron chi connectivity index (χ4n) is 3.63. The van der Waals surface area contributed by atoms with Crippen LogP contribution in [-0.2, 0) is 9.47 Å². The van der Waals surface area contributed by atoms with Gasteiger partial charge in [0, 0.05) is 72.0 Å². The summed E-state index contributed by atoms with van der Waals surface area (Å²) in [5.41, 5.74) is 0. The third kappa shape index (κ3) is 9.23. The van der Waals surface area contributed by atoms with Gasteiger partial charge < -0.3 is 29.9 Å². The van der Waals surface area contributed by atoms with Crippen LogP contribution in [0.4, 0.5) is 0 Å². The molecule has 2 N–H and O–H groups in total. The van der Waals surface area contributed by atoms with Crippen LogP contribution >= 0.6 is 0 Å². The highest BCUT2D eigenvalue weighted by molar-refractivity contribution is 5.79. The van der Waals surface area contributed by atoms with E-state index in [2.05, 4.69) is 39.3 Å². The minimum absolute atomic E-state index is 0.596. The van der Waals surface area contributed by atoms with Crippen molar-refractivity contribution in [2.75, 3.05) is 85.8 Å². The van der Waals surface area contributed by atoms with Crippen molar-refractivity contribution in [1.82, 2.24) is 20.4 Å². The van der Waals surface area contributed by atoms with E-state index in [9.17, 15) is 0 Å². The second-order valence-electron chi connectivity index (χ2n) is 7.88. The molecule has 0 aromatic carbocycles. The molecule has 2 saturated heterocycles. The van der Waals surface area contributed by atoms with Crippen LogP contribution in [0, 0.1) is 11.8 Å². The van der Waals surface area contributed by atoms with E-state index in [0.29, 0.717) is 11.8 Å². The van der Waals surface area contributed by atoms with Gasteiger partial charge in [-0.2, -0.15) is 0 Å². The Morgan fingerprint density at radius 2 is 2.00 bits per heavy atom. The lowest BCUT2D eigenvalue weighted by atomic mass is 10.1. The lowest BCUT2D eigenvalue weighted by Crippen LogP contribution is -2.48. The maximum absolute atomic E-state index is 5.74. The normalized spacial score (nSPS) is 23.5. The average molecular weight is 384 g/mol. The number of ether oxygens (including phenoxy) is 2. The van der Waals surface area contributed by atoms with Gasteiger partial charge in [-0.05, 0) is 25.3 Å². The molecule has 0 aromatic rings. The SMILES string of the molecule is CCN1CCN(CC(C)CNC(=NC)NCCCOCC2CCOC2)CC1. The predicted octanol–water partition coefficient (Wildman–Crippen LogP) is 0.868. The van der Waals surface area contributed by atoms with Crippen molar-refractivity contribution < 1.29 is 9.47 Å². The van der Waals surface area contributed by atoms with Crippen molar-refractivity contribution in [2.24, 2.45) is 16.8 Å². The van der Waals surface area contributed by atoms with E-state index in [1.54, 1.807) is 0 Å². The lowest BCUT2D eigenvalue weighted by molar-refractivity contribution is 0.0888. The highest BCUT2D eigenvalue weighted by Crippen LogP contribution is 2.12. The Morgan fingerprint density at radius 3 is 2.67 bits per heavy atom. The van der Waals surface area contributed by atoms with Crippen LogP contribution in [0.25, 0.3) is 0 Å². The first-order valence-electron chi connectivity index (χ1n) is 10.8. The Kier molecular flexibility index (Phi) is 11.0. The third-order valence-electron chi connectivity index (χ3n) is 5.46. The molecule has 2 aliphatic heterocycles. The van der Waals surface area contributed by atoms with Gasteiger partial charge in [-0.3, -0.25) is 4.99 Å². The third-order valence-corrected chi connectivity index (χ3v) is 5.46. The van der Waals surface area contributed by atoms with E-state index in [0.717, 1.165) is 64.9 Å². The van der Waals surface area contributed by atoms with Gasteiger partial charge in [-0.1, -0.05) is 13.8 Å². The van der Waals surface area contributed by atoms with Crippen molar-refractivity contribution in [3.05, 3.63) is 0 Å². The molecule has 0 radical (unpaired) electrons. The van der Waals surface area contributed by atoms with Gasteiger partial charge in [0.2, 0.25) is 0 Å². The molecule has 2 rings (SSSR count). The topological polar surface area (TPSA) is 61.4 Å². The van der Waals surface area contributed by atoms with E-state index in [1.165, 1.54) is 32.7 Å². The first-order chi connectivity index (χ1) is 13.2. The largest absolute Gasteiger partial charge is 0.381 e. The summed E-state index contributed by atoms with van der Waals surface area (Å²) < 4.78 is 11.1. The van der Waals surface area contributed by atoms with Gasteiger partial charge in [0.1, 0.15) is 0 Å². The maximum atomic E-state index is 5.74. The van der Waals surface area contributed by atoms with Crippen LogP contribution in [0.1, 0.15) is 26.7 Å². The van der Waals surface area contributed by atoms with Gasteiger partial charge in [0.15, 0.2) is 5.96 Å². The van der Waals surface area contributed by atoms with Crippen LogP contribution in [0.5, 0.6) is 0 Å². The van der Waals surface area contributed by atoms with Crippen LogP contribution in [-0.4, -0.2) is 102 Å². The molecule has 158 valence electrons. The first kappa shape index (κ1) is 22.4. The Labute approximate surface area is 165 Å². The average Bonchev–Trinajstić information content (AvgIpc) is 3.21. The summed E-state index contributed by atoms with van der Waals surface area (Å²) in [7, 11) is 1.83. The van der Waals surface area contributed by atoms with Crippen molar-refractivity contribution in [3.63, 3.8) is 0 Å². The summed E-state index contributed by atoms with van der Waals surface area (Å²) in [5.74, 6) is 2.09. The predicted molar refractivity (Wildman–Crippen MR) is 111 cm³/mol. The number of rotatable bonds is 11. The number of nitrogens with zero attached hydrogens (tertiary/aromatic N) is 3. The number of likely N-dealkylation sites (N-methyl/N-ethyl adjacent to an activating group) is 1. The van der Waals surface area contributed by atoms with E-state index >= 15 is 0 Å². The fourth-order valence-corrected chi connectivity index (χ4v) is 3.63. The number of piperazine rings is 1. The molecule has 2 fully saturated rings. The quantitative estimate of drug-likeness (QED) is 0.314. The van der Waals surface area contributed by atoms with Crippen molar-refractivity contribution in [2.45, 2.75) is 26.7 Å². The molecule has 7 nitrogen and oxygen atoms in total. The van der Waals surface area contributed by atoms with Crippen LogP contribution in [0.15, 0.2) is 4.99 Å². The number of hydrogen-bond donors (Lipinski definition) is 2. The Balaban J connectivity index is 1.48. The Morgan fingerprint density at radius 1 is 1.22 bits per heavy atom. The van der Waals surface area contributed by atoms with E-state index in [-0.39, 0.29) is 0 Å². The zero-order chi connectivity index (χ0) is 19.3. The number of aliphatic imine (C=N–C) groups is 1. The first-order valence-corrected chi connectivity index (χ1v) is 10.8. The molecule has 0 saturated carbocycles. The highest BCUT2D eigenvalue weighted by atomic mass is 16.5. The van der Waals surface area contributed by atoms with Crippen LogP contribution < -0.4 is 10.6 Å². The standard InChI is InChI=1S/C20H41N5O2/c1-4-24-8-10-25(11-9-24)15-18(2)14-23-20(21-3)22-7-5-12-26-16-19-6-13-27-17-19/h18-19H,4-17H2,1-3H3,(H2,21,22,23). The molecule has 2 aliphatic rings. The monoisotopic (exact) mass is 383 g/mol. The van der Waals surface area contributed by atoms with Gasteiger partial charge in [0.25, 0.3) is 0 Å². The minimum atomic E-state index is 0.596. The van der Waals surface area contributed by atoms with Gasteiger partial charge in [-0.25, -0.2) is 0 Å². The van der Waals surface area contributed by atoms with E-state index < -0.39 is 0 Å². The summed E-state index contributed by atoms with van der Waals surface area (Å²) in [6.45, 7) is 16.9. The zero-order valence-electron chi connectivity index (χ0n) is 17.7. The summed E-state index contributed by atoms with van der Waals surface area (Å²) in [4.78, 5) is 9.43. The summed E-state index contributed by atoms with van der Waals surface area (Å²) in [6, 6.07) is 0. The van der Waals surface area contributed by atoms with Crippen LogP contribution in [0.2, 0.25) is 0 Å². The number of nitrogens with one attached hydrogen (secondary N) is 2. The van der Waals surface area contributed by atoms with Crippen molar-refractivity contribution in [1.29, 1.82) is 0 Å². The molecule has 0 aromatic heterocycles. The molecule has 0 aliphatic carbocycles. The second kappa shape index (κ2) is 13.3. The van der Waals surface area contributed by atoms with Crippen LogP contribution in [0.3, 0.4) is 0 Å². The minimum Gasteiger partial charge on any atom is -0.381 e. The molecular formula is C20H41N5O2.